The number of hydrogen-bond acceptors (Lipinski definition) is 6. The Labute approximate surface area is 95.1 Å². The van der Waals surface area contributed by atoms with Gasteiger partial charge in [-0.05, 0) is 13.8 Å². The number of nitrogens with one attached hydrogen (secondary N) is 2. The van der Waals surface area contributed by atoms with Gasteiger partial charge in [0.1, 0.15) is 0 Å². The highest BCUT2D eigenvalue weighted by Crippen LogP contribution is 2.21. The van der Waals surface area contributed by atoms with Crippen LogP contribution in [0.3, 0.4) is 0 Å². The molecule has 0 aliphatic carbocycles. The second kappa shape index (κ2) is 3.89. The van der Waals surface area contributed by atoms with Crippen molar-refractivity contribution in [3.05, 3.63) is 16.4 Å². The number of nitrogens with two attached hydrogens (primary N) is 1. The van der Waals surface area contributed by atoms with Crippen LogP contribution in [0, 0.1) is 13.8 Å². The van der Waals surface area contributed by atoms with Gasteiger partial charge in [0.05, 0.1) is 5.69 Å². The molecule has 4 N–H and O–H groups in total. The fourth-order valence-corrected chi connectivity index (χ4v) is 1.87. The predicted octanol–water partition coefficient (Wildman–Crippen LogP) is 0.713. The van der Waals surface area contributed by atoms with Gasteiger partial charge in [-0.2, -0.15) is 4.98 Å². The van der Waals surface area contributed by atoms with E-state index in [2.05, 4.69) is 25.5 Å². The standard InChI is InChI=1S/C8H10N6OS/c1-3-4(2)16-8(10-3)12-6(15)5-11-7(9)14-13-5/h1-2H3,(H,10,12,15)(H3,9,11,13,14). The van der Waals surface area contributed by atoms with Crippen molar-refractivity contribution in [2.75, 3.05) is 11.1 Å². The first kappa shape index (κ1) is 10.6. The Morgan fingerprint density at radius 3 is 2.69 bits per heavy atom. The van der Waals surface area contributed by atoms with E-state index in [0.29, 0.717) is 5.13 Å². The number of aryl methyl sites for hydroxylation is 2. The average molecular weight is 238 g/mol. The lowest BCUT2D eigenvalue weighted by Gasteiger charge is -1.95. The van der Waals surface area contributed by atoms with Crippen LogP contribution >= 0.6 is 11.3 Å². The lowest BCUT2D eigenvalue weighted by atomic mass is 10.4. The first-order valence-electron chi connectivity index (χ1n) is 4.49. The molecule has 2 rings (SSSR count). The fraction of sp³-hybridized carbons (Fsp3) is 0.250. The molecule has 0 unspecified atom stereocenters. The monoisotopic (exact) mass is 238 g/mol. The smallest absolute Gasteiger partial charge is 0.294 e. The summed E-state index contributed by atoms with van der Waals surface area (Å²) in [5.41, 5.74) is 6.19. The van der Waals surface area contributed by atoms with E-state index >= 15 is 0 Å². The molecule has 0 radical (unpaired) electrons. The van der Waals surface area contributed by atoms with E-state index in [1.165, 1.54) is 11.3 Å². The minimum atomic E-state index is -0.405. The minimum Gasteiger partial charge on any atom is -0.366 e. The second-order valence-corrected chi connectivity index (χ2v) is 4.36. The average Bonchev–Trinajstić information content (AvgIpc) is 2.75. The van der Waals surface area contributed by atoms with E-state index in [1.54, 1.807) is 0 Å². The molecule has 84 valence electrons. The van der Waals surface area contributed by atoms with E-state index in [9.17, 15) is 4.79 Å². The highest BCUT2D eigenvalue weighted by atomic mass is 32.1. The molecule has 0 aromatic carbocycles. The quantitative estimate of drug-likeness (QED) is 0.713. The third-order valence-electron chi connectivity index (χ3n) is 1.97. The molecule has 7 nitrogen and oxygen atoms in total. The van der Waals surface area contributed by atoms with Crippen molar-refractivity contribution >= 4 is 28.3 Å². The Morgan fingerprint density at radius 1 is 1.44 bits per heavy atom. The number of nitrogen functional groups attached to an aromatic ring is 1. The number of carbonyl (C=O) groups is 1. The van der Waals surface area contributed by atoms with Crippen molar-refractivity contribution in [2.24, 2.45) is 0 Å². The lowest BCUT2D eigenvalue weighted by Crippen LogP contribution is -2.13. The molecule has 0 aliphatic heterocycles. The summed E-state index contributed by atoms with van der Waals surface area (Å²) < 4.78 is 0. The van der Waals surface area contributed by atoms with Gasteiger partial charge in [0, 0.05) is 4.88 Å². The number of rotatable bonds is 2. The fourth-order valence-electron chi connectivity index (χ4n) is 1.06. The number of hydrogen-bond donors (Lipinski definition) is 3. The van der Waals surface area contributed by atoms with Crippen LogP contribution in [0.15, 0.2) is 0 Å². The number of nitrogens with zero attached hydrogens (tertiary/aromatic N) is 3. The summed E-state index contributed by atoms with van der Waals surface area (Å²) >= 11 is 1.41. The maximum absolute atomic E-state index is 11.6. The molecule has 2 aromatic rings. The molecule has 2 aromatic heterocycles. The minimum absolute atomic E-state index is 0.0386. The lowest BCUT2D eigenvalue weighted by molar-refractivity contribution is 0.101. The zero-order valence-electron chi connectivity index (χ0n) is 8.74. The molecule has 1 amide bonds. The molecule has 0 bridgehead atoms. The summed E-state index contributed by atoms with van der Waals surface area (Å²) in [6, 6.07) is 0. The molecule has 0 saturated carbocycles. The van der Waals surface area contributed by atoms with E-state index < -0.39 is 5.91 Å². The Balaban J connectivity index is 2.13. The summed E-state index contributed by atoms with van der Waals surface area (Å²) in [7, 11) is 0. The Morgan fingerprint density at radius 2 is 2.19 bits per heavy atom. The van der Waals surface area contributed by atoms with Crippen LogP contribution in [0.2, 0.25) is 0 Å². The van der Waals surface area contributed by atoms with Gasteiger partial charge in [-0.25, -0.2) is 4.98 Å². The van der Waals surface area contributed by atoms with Gasteiger partial charge in [0.25, 0.3) is 5.91 Å². The van der Waals surface area contributed by atoms with Crippen LogP contribution in [-0.2, 0) is 0 Å². The van der Waals surface area contributed by atoms with Crippen LogP contribution in [0.1, 0.15) is 21.2 Å². The molecule has 8 heteroatoms. The summed E-state index contributed by atoms with van der Waals surface area (Å²) in [6.45, 7) is 3.82. The summed E-state index contributed by atoms with van der Waals surface area (Å²) in [6.07, 6.45) is 0. The molecular formula is C8H10N6OS. The Kier molecular flexibility index (Phi) is 2.57. The molecule has 0 aliphatic rings. The molecule has 0 atom stereocenters. The van der Waals surface area contributed by atoms with E-state index in [1.807, 2.05) is 13.8 Å². The molecule has 2 heterocycles. The van der Waals surface area contributed by atoms with E-state index in [0.717, 1.165) is 10.6 Å². The number of H-pyrrole nitrogens is 1. The second-order valence-electron chi connectivity index (χ2n) is 3.16. The molecule has 0 fully saturated rings. The normalized spacial score (nSPS) is 10.4. The summed E-state index contributed by atoms with van der Waals surface area (Å²) in [5, 5.41) is 9.14. The number of aromatic nitrogens is 4. The maximum Gasteiger partial charge on any atom is 0.294 e. The molecular weight excluding hydrogens is 228 g/mol. The van der Waals surface area contributed by atoms with Crippen molar-refractivity contribution in [1.29, 1.82) is 0 Å². The zero-order valence-corrected chi connectivity index (χ0v) is 9.55. The van der Waals surface area contributed by atoms with E-state index in [4.69, 9.17) is 5.73 Å². The first-order chi connectivity index (χ1) is 7.56. The van der Waals surface area contributed by atoms with E-state index in [-0.39, 0.29) is 11.8 Å². The third-order valence-corrected chi connectivity index (χ3v) is 2.96. The number of thiazole rings is 1. The van der Waals surface area contributed by atoms with Gasteiger partial charge in [-0.15, -0.1) is 16.4 Å². The van der Waals surface area contributed by atoms with Crippen LogP contribution in [-0.4, -0.2) is 26.1 Å². The number of amides is 1. The number of aromatic amines is 1. The van der Waals surface area contributed by atoms with Crippen LogP contribution in [0.25, 0.3) is 0 Å². The van der Waals surface area contributed by atoms with Crippen molar-refractivity contribution in [3.63, 3.8) is 0 Å². The molecule has 0 saturated heterocycles. The van der Waals surface area contributed by atoms with Gasteiger partial charge >= 0.3 is 0 Å². The van der Waals surface area contributed by atoms with Gasteiger partial charge in [0.2, 0.25) is 11.8 Å². The summed E-state index contributed by atoms with van der Waals surface area (Å²) in [4.78, 5) is 20.6. The van der Waals surface area contributed by atoms with Crippen molar-refractivity contribution < 1.29 is 4.79 Å². The van der Waals surface area contributed by atoms with Crippen molar-refractivity contribution in [3.8, 4) is 0 Å². The zero-order chi connectivity index (χ0) is 11.7. The van der Waals surface area contributed by atoms with Gasteiger partial charge in [-0.3, -0.25) is 15.2 Å². The largest absolute Gasteiger partial charge is 0.366 e. The predicted molar refractivity (Wildman–Crippen MR) is 60.3 cm³/mol. The summed E-state index contributed by atoms with van der Waals surface area (Å²) in [5.74, 6) is -0.294. The van der Waals surface area contributed by atoms with Crippen molar-refractivity contribution in [1.82, 2.24) is 20.2 Å². The van der Waals surface area contributed by atoms with Gasteiger partial charge in [0.15, 0.2) is 5.13 Å². The van der Waals surface area contributed by atoms with Crippen molar-refractivity contribution in [2.45, 2.75) is 13.8 Å². The SMILES string of the molecule is Cc1nc(NC(=O)c2nc(N)n[nH]2)sc1C. The third kappa shape index (κ3) is 2.01. The van der Waals surface area contributed by atoms with Crippen LogP contribution < -0.4 is 11.1 Å². The topological polar surface area (TPSA) is 110 Å². The molecule has 0 spiro atoms. The highest BCUT2D eigenvalue weighted by molar-refractivity contribution is 7.15. The van der Waals surface area contributed by atoms with Crippen LogP contribution in [0.5, 0.6) is 0 Å². The van der Waals surface area contributed by atoms with Crippen LogP contribution in [0.4, 0.5) is 11.1 Å². The Bertz CT molecular complexity index is 511. The highest BCUT2D eigenvalue weighted by Gasteiger charge is 2.13. The molecule has 16 heavy (non-hydrogen) atoms. The Hall–Kier alpha value is -1.96. The maximum atomic E-state index is 11.6. The number of anilines is 2. The first-order valence-corrected chi connectivity index (χ1v) is 5.31. The van der Waals surface area contributed by atoms with Gasteiger partial charge in [-0.1, -0.05) is 0 Å². The number of carbonyl (C=O) groups excluding carboxylic acids is 1. The van der Waals surface area contributed by atoms with Gasteiger partial charge < -0.3 is 5.73 Å².